The van der Waals surface area contributed by atoms with Crippen LogP contribution < -0.4 is 5.32 Å². The van der Waals surface area contributed by atoms with E-state index in [-0.39, 0.29) is 5.91 Å². The van der Waals surface area contributed by atoms with Crippen molar-refractivity contribution in [1.82, 2.24) is 24.8 Å². The summed E-state index contributed by atoms with van der Waals surface area (Å²) in [4.78, 5) is 18.8. The minimum absolute atomic E-state index is 0.0516. The van der Waals surface area contributed by atoms with E-state index >= 15 is 0 Å². The van der Waals surface area contributed by atoms with Gasteiger partial charge in [0.1, 0.15) is 5.56 Å². The SMILES string of the molecule is CNCCC1CCN(C(=O)c2cnn3cccnc23)CC1. The van der Waals surface area contributed by atoms with Crippen LogP contribution in [0.25, 0.3) is 5.65 Å². The summed E-state index contributed by atoms with van der Waals surface area (Å²) in [6.07, 6.45) is 8.48. The summed E-state index contributed by atoms with van der Waals surface area (Å²) in [6.45, 7) is 2.71. The van der Waals surface area contributed by atoms with E-state index in [1.165, 1.54) is 6.42 Å². The Balaban J connectivity index is 1.67. The second-order valence-corrected chi connectivity index (χ2v) is 5.57. The van der Waals surface area contributed by atoms with Crippen LogP contribution in [0.4, 0.5) is 0 Å². The van der Waals surface area contributed by atoms with E-state index in [0.717, 1.165) is 38.4 Å². The molecule has 112 valence electrons. The predicted octanol–water partition coefficient (Wildman–Crippen LogP) is 1.19. The molecule has 2 aromatic rings. The summed E-state index contributed by atoms with van der Waals surface area (Å²) in [5.74, 6) is 0.777. The van der Waals surface area contributed by atoms with Gasteiger partial charge in [-0.15, -0.1) is 0 Å². The number of carbonyl (C=O) groups excluding carboxylic acids is 1. The zero-order valence-electron chi connectivity index (χ0n) is 12.3. The van der Waals surface area contributed by atoms with Crippen LogP contribution in [0.1, 0.15) is 29.6 Å². The quantitative estimate of drug-likeness (QED) is 0.917. The molecule has 0 atom stereocenters. The Morgan fingerprint density at radius 1 is 1.43 bits per heavy atom. The molecule has 0 aromatic carbocycles. The molecular weight excluding hydrogens is 266 g/mol. The summed E-state index contributed by atoms with van der Waals surface area (Å²) >= 11 is 0. The highest BCUT2D eigenvalue weighted by molar-refractivity contribution is 5.99. The van der Waals surface area contributed by atoms with E-state index in [0.29, 0.717) is 11.2 Å². The average Bonchev–Trinajstić information content (AvgIpc) is 2.97. The first-order valence-corrected chi connectivity index (χ1v) is 7.52. The van der Waals surface area contributed by atoms with E-state index in [1.807, 2.05) is 24.2 Å². The Hall–Kier alpha value is -1.95. The molecule has 3 rings (SSSR count). The van der Waals surface area contributed by atoms with E-state index < -0.39 is 0 Å². The number of nitrogens with one attached hydrogen (secondary N) is 1. The van der Waals surface area contributed by atoms with Crippen molar-refractivity contribution in [3.8, 4) is 0 Å². The molecule has 1 fully saturated rings. The van der Waals surface area contributed by atoms with Gasteiger partial charge in [-0.25, -0.2) is 9.50 Å². The molecule has 1 aliphatic heterocycles. The highest BCUT2D eigenvalue weighted by Gasteiger charge is 2.25. The summed E-state index contributed by atoms with van der Waals surface area (Å²) in [7, 11) is 1.98. The number of rotatable bonds is 4. The largest absolute Gasteiger partial charge is 0.338 e. The Kier molecular flexibility index (Phi) is 4.15. The van der Waals surface area contributed by atoms with Gasteiger partial charge in [0.2, 0.25) is 0 Å². The van der Waals surface area contributed by atoms with Crippen LogP contribution in [0.15, 0.2) is 24.7 Å². The molecule has 2 aromatic heterocycles. The maximum absolute atomic E-state index is 12.6. The third kappa shape index (κ3) is 2.90. The van der Waals surface area contributed by atoms with Gasteiger partial charge in [0, 0.05) is 25.5 Å². The lowest BCUT2D eigenvalue weighted by Crippen LogP contribution is -2.39. The highest BCUT2D eigenvalue weighted by Crippen LogP contribution is 2.22. The van der Waals surface area contributed by atoms with Crippen molar-refractivity contribution < 1.29 is 4.79 Å². The summed E-state index contributed by atoms with van der Waals surface area (Å²) in [5, 5.41) is 7.38. The van der Waals surface area contributed by atoms with Gasteiger partial charge in [0.15, 0.2) is 5.65 Å². The number of carbonyl (C=O) groups is 1. The van der Waals surface area contributed by atoms with Crippen molar-refractivity contribution in [2.75, 3.05) is 26.7 Å². The maximum atomic E-state index is 12.6. The van der Waals surface area contributed by atoms with E-state index in [4.69, 9.17) is 0 Å². The van der Waals surface area contributed by atoms with Crippen molar-refractivity contribution in [3.05, 3.63) is 30.2 Å². The second kappa shape index (κ2) is 6.22. The molecule has 1 saturated heterocycles. The van der Waals surface area contributed by atoms with E-state index in [2.05, 4.69) is 15.4 Å². The summed E-state index contributed by atoms with van der Waals surface area (Å²) in [5.41, 5.74) is 1.24. The normalized spacial score (nSPS) is 16.5. The van der Waals surface area contributed by atoms with Crippen molar-refractivity contribution >= 4 is 11.6 Å². The molecule has 3 heterocycles. The topological polar surface area (TPSA) is 62.5 Å². The number of nitrogens with zero attached hydrogens (tertiary/aromatic N) is 4. The molecule has 0 spiro atoms. The van der Waals surface area contributed by atoms with Crippen molar-refractivity contribution in [2.45, 2.75) is 19.3 Å². The number of piperidine rings is 1. The van der Waals surface area contributed by atoms with Gasteiger partial charge in [0.25, 0.3) is 5.91 Å². The molecule has 0 bridgehead atoms. The maximum Gasteiger partial charge on any atom is 0.259 e. The Labute approximate surface area is 124 Å². The van der Waals surface area contributed by atoms with Crippen LogP contribution in [0.2, 0.25) is 0 Å². The van der Waals surface area contributed by atoms with Crippen molar-refractivity contribution in [1.29, 1.82) is 0 Å². The number of amides is 1. The van der Waals surface area contributed by atoms with Crippen LogP contribution in [-0.4, -0.2) is 52.1 Å². The Morgan fingerprint density at radius 3 is 3.00 bits per heavy atom. The third-order valence-electron chi connectivity index (χ3n) is 4.21. The van der Waals surface area contributed by atoms with E-state index in [1.54, 1.807) is 16.9 Å². The van der Waals surface area contributed by atoms with Gasteiger partial charge in [-0.05, 0) is 44.8 Å². The number of hydrogen-bond donors (Lipinski definition) is 1. The molecule has 0 radical (unpaired) electrons. The number of fused-ring (bicyclic) bond motifs is 1. The molecule has 21 heavy (non-hydrogen) atoms. The fourth-order valence-corrected chi connectivity index (χ4v) is 2.92. The van der Waals surface area contributed by atoms with Gasteiger partial charge in [0.05, 0.1) is 6.20 Å². The number of aromatic nitrogens is 3. The van der Waals surface area contributed by atoms with Gasteiger partial charge in [-0.3, -0.25) is 4.79 Å². The first-order valence-electron chi connectivity index (χ1n) is 7.52. The Bertz CT molecular complexity index is 615. The van der Waals surface area contributed by atoms with Crippen LogP contribution in [0, 0.1) is 5.92 Å². The molecule has 1 amide bonds. The van der Waals surface area contributed by atoms with Gasteiger partial charge in [-0.2, -0.15) is 5.10 Å². The molecule has 0 saturated carbocycles. The van der Waals surface area contributed by atoms with Gasteiger partial charge in [-0.1, -0.05) is 0 Å². The first kappa shape index (κ1) is 14.0. The Morgan fingerprint density at radius 2 is 2.24 bits per heavy atom. The molecule has 6 nitrogen and oxygen atoms in total. The zero-order chi connectivity index (χ0) is 14.7. The molecule has 0 unspecified atom stereocenters. The lowest BCUT2D eigenvalue weighted by atomic mass is 9.93. The lowest BCUT2D eigenvalue weighted by molar-refractivity contribution is 0.0689. The molecule has 1 N–H and O–H groups in total. The fraction of sp³-hybridized carbons (Fsp3) is 0.533. The van der Waals surface area contributed by atoms with Crippen LogP contribution in [0.5, 0.6) is 0 Å². The standard InChI is InChI=1S/C15H21N5O/c1-16-7-3-12-4-9-19(10-5-12)15(21)13-11-18-20-8-2-6-17-14(13)20/h2,6,8,11-12,16H,3-5,7,9-10H2,1H3. The van der Waals surface area contributed by atoms with Crippen molar-refractivity contribution in [2.24, 2.45) is 5.92 Å². The highest BCUT2D eigenvalue weighted by atomic mass is 16.2. The minimum Gasteiger partial charge on any atom is -0.338 e. The lowest BCUT2D eigenvalue weighted by Gasteiger charge is -2.31. The molecule has 6 heteroatoms. The third-order valence-corrected chi connectivity index (χ3v) is 4.21. The summed E-state index contributed by atoms with van der Waals surface area (Å²) < 4.78 is 1.65. The molecule has 0 aliphatic carbocycles. The van der Waals surface area contributed by atoms with Crippen molar-refractivity contribution in [3.63, 3.8) is 0 Å². The smallest absolute Gasteiger partial charge is 0.259 e. The van der Waals surface area contributed by atoms with Crippen LogP contribution >= 0.6 is 0 Å². The van der Waals surface area contributed by atoms with Gasteiger partial charge >= 0.3 is 0 Å². The average molecular weight is 287 g/mol. The number of likely N-dealkylation sites (tertiary alicyclic amines) is 1. The zero-order valence-corrected chi connectivity index (χ0v) is 12.3. The monoisotopic (exact) mass is 287 g/mol. The first-order chi connectivity index (χ1) is 10.3. The fourth-order valence-electron chi connectivity index (χ4n) is 2.92. The van der Waals surface area contributed by atoms with Crippen LogP contribution in [-0.2, 0) is 0 Å². The van der Waals surface area contributed by atoms with Crippen LogP contribution in [0.3, 0.4) is 0 Å². The molecular formula is C15H21N5O. The second-order valence-electron chi connectivity index (χ2n) is 5.57. The predicted molar refractivity (Wildman–Crippen MR) is 80.2 cm³/mol. The number of hydrogen-bond acceptors (Lipinski definition) is 4. The molecule has 1 aliphatic rings. The van der Waals surface area contributed by atoms with E-state index in [9.17, 15) is 4.79 Å². The minimum atomic E-state index is 0.0516. The van der Waals surface area contributed by atoms with Gasteiger partial charge < -0.3 is 10.2 Å². The summed E-state index contributed by atoms with van der Waals surface area (Å²) in [6, 6.07) is 1.81.